The SMILES string of the molecule is NC1CCC(Oc2nccc3cc4c(cc23)OCO4)CC1. The summed E-state index contributed by atoms with van der Waals surface area (Å²) in [6.45, 7) is 0.274. The van der Waals surface area contributed by atoms with Gasteiger partial charge in [-0.2, -0.15) is 0 Å². The molecule has 1 aromatic heterocycles. The van der Waals surface area contributed by atoms with Crippen LogP contribution in [0.5, 0.6) is 17.4 Å². The number of nitrogens with two attached hydrogens (primary N) is 1. The lowest BCUT2D eigenvalue weighted by molar-refractivity contribution is 0.143. The number of benzene rings is 1. The highest BCUT2D eigenvalue weighted by Gasteiger charge is 2.22. The van der Waals surface area contributed by atoms with Gasteiger partial charge in [-0.3, -0.25) is 0 Å². The Labute approximate surface area is 123 Å². The van der Waals surface area contributed by atoms with Gasteiger partial charge in [-0.25, -0.2) is 4.98 Å². The van der Waals surface area contributed by atoms with Gasteiger partial charge in [-0.15, -0.1) is 0 Å². The molecule has 2 aliphatic rings. The minimum Gasteiger partial charge on any atom is -0.474 e. The Kier molecular flexibility index (Phi) is 3.07. The Balaban J connectivity index is 1.65. The summed E-state index contributed by atoms with van der Waals surface area (Å²) in [5, 5.41) is 2.02. The number of hydrogen-bond acceptors (Lipinski definition) is 5. The summed E-state index contributed by atoms with van der Waals surface area (Å²) in [4.78, 5) is 4.40. The van der Waals surface area contributed by atoms with Crippen molar-refractivity contribution < 1.29 is 14.2 Å². The van der Waals surface area contributed by atoms with Crippen LogP contribution in [0.1, 0.15) is 25.7 Å². The fourth-order valence-corrected chi connectivity index (χ4v) is 2.99. The van der Waals surface area contributed by atoms with E-state index in [9.17, 15) is 0 Å². The Bertz CT molecular complexity index is 666. The largest absolute Gasteiger partial charge is 0.474 e. The average Bonchev–Trinajstić information content (AvgIpc) is 2.95. The second-order valence-electron chi connectivity index (χ2n) is 5.70. The van der Waals surface area contributed by atoms with Gasteiger partial charge >= 0.3 is 0 Å². The number of pyridine rings is 1. The van der Waals surface area contributed by atoms with Crippen LogP contribution in [-0.2, 0) is 0 Å². The van der Waals surface area contributed by atoms with Crippen molar-refractivity contribution in [2.24, 2.45) is 5.73 Å². The van der Waals surface area contributed by atoms with Crippen molar-refractivity contribution in [1.29, 1.82) is 0 Å². The quantitative estimate of drug-likeness (QED) is 0.919. The molecule has 1 saturated carbocycles. The summed E-state index contributed by atoms with van der Waals surface area (Å²) in [5.74, 6) is 2.21. The first-order valence-corrected chi connectivity index (χ1v) is 7.40. The van der Waals surface area contributed by atoms with Crippen LogP contribution in [0.25, 0.3) is 10.8 Å². The Hall–Kier alpha value is -2.01. The van der Waals surface area contributed by atoms with Crippen molar-refractivity contribution in [1.82, 2.24) is 4.98 Å². The Morgan fingerprint density at radius 1 is 1.10 bits per heavy atom. The minimum atomic E-state index is 0.202. The number of fused-ring (bicyclic) bond motifs is 2. The number of rotatable bonds is 2. The van der Waals surface area contributed by atoms with Gasteiger partial charge in [0.25, 0.3) is 0 Å². The zero-order chi connectivity index (χ0) is 14.2. The van der Waals surface area contributed by atoms with Gasteiger partial charge in [0.2, 0.25) is 12.7 Å². The lowest BCUT2D eigenvalue weighted by atomic mass is 9.94. The third-order valence-electron chi connectivity index (χ3n) is 4.22. The van der Waals surface area contributed by atoms with Gasteiger partial charge in [0.1, 0.15) is 6.10 Å². The first-order chi connectivity index (χ1) is 10.3. The molecule has 0 bridgehead atoms. The summed E-state index contributed by atoms with van der Waals surface area (Å²) in [5.41, 5.74) is 5.94. The third kappa shape index (κ3) is 2.38. The molecule has 0 radical (unpaired) electrons. The number of ether oxygens (including phenoxy) is 3. The van der Waals surface area contributed by atoms with E-state index < -0.39 is 0 Å². The van der Waals surface area contributed by atoms with Gasteiger partial charge in [-0.1, -0.05) is 0 Å². The van der Waals surface area contributed by atoms with E-state index in [2.05, 4.69) is 4.98 Å². The van der Waals surface area contributed by atoms with Crippen LogP contribution in [0.4, 0.5) is 0 Å². The van der Waals surface area contributed by atoms with Crippen molar-refractivity contribution in [3.8, 4) is 17.4 Å². The molecule has 21 heavy (non-hydrogen) atoms. The monoisotopic (exact) mass is 286 g/mol. The number of aromatic nitrogens is 1. The molecule has 1 fully saturated rings. The van der Waals surface area contributed by atoms with Gasteiger partial charge in [0.05, 0.1) is 0 Å². The Morgan fingerprint density at radius 3 is 2.67 bits per heavy atom. The zero-order valence-corrected chi connectivity index (χ0v) is 11.7. The molecule has 0 saturated heterocycles. The summed E-state index contributed by atoms with van der Waals surface area (Å²) >= 11 is 0. The van der Waals surface area contributed by atoms with Crippen molar-refractivity contribution in [3.05, 3.63) is 24.4 Å². The van der Waals surface area contributed by atoms with Crippen LogP contribution < -0.4 is 19.9 Å². The van der Waals surface area contributed by atoms with Crippen molar-refractivity contribution in [2.45, 2.75) is 37.8 Å². The van der Waals surface area contributed by atoms with Gasteiger partial charge in [-0.05, 0) is 49.3 Å². The van der Waals surface area contributed by atoms with E-state index >= 15 is 0 Å². The van der Waals surface area contributed by atoms with Crippen molar-refractivity contribution in [3.63, 3.8) is 0 Å². The average molecular weight is 286 g/mol. The molecule has 1 aromatic carbocycles. The summed E-state index contributed by atoms with van der Waals surface area (Å²) in [6.07, 6.45) is 5.99. The Morgan fingerprint density at radius 2 is 1.86 bits per heavy atom. The fourth-order valence-electron chi connectivity index (χ4n) is 2.99. The van der Waals surface area contributed by atoms with E-state index in [0.29, 0.717) is 11.9 Å². The van der Waals surface area contributed by atoms with Crippen LogP contribution in [0.3, 0.4) is 0 Å². The van der Waals surface area contributed by atoms with Crippen LogP contribution in [0, 0.1) is 0 Å². The van der Waals surface area contributed by atoms with E-state index in [-0.39, 0.29) is 12.9 Å². The molecule has 0 amide bonds. The summed E-state index contributed by atoms with van der Waals surface area (Å²) < 4.78 is 17.0. The highest BCUT2D eigenvalue weighted by molar-refractivity contribution is 5.90. The second kappa shape index (κ2) is 5.07. The molecule has 2 N–H and O–H groups in total. The van der Waals surface area contributed by atoms with Crippen LogP contribution in [-0.4, -0.2) is 23.9 Å². The van der Waals surface area contributed by atoms with E-state index in [4.69, 9.17) is 19.9 Å². The topological polar surface area (TPSA) is 66.6 Å². The van der Waals surface area contributed by atoms with Crippen molar-refractivity contribution in [2.75, 3.05) is 6.79 Å². The molecule has 5 heteroatoms. The van der Waals surface area contributed by atoms with Crippen LogP contribution in [0.15, 0.2) is 24.4 Å². The van der Waals surface area contributed by atoms with Crippen molar-refractivity contribution >= 4 is 10.8 Å². The minimum absolute atomic E-state index is 0.202. The molecule has 5 nitrogen and oxygen atoms in total. The molecule has 1 aliphatic heterocycles. The second-order valence-corrected chi connectivity index (χ2v) is 5.70. The normalized spacial score (nSPS) is 24.2. The third-order valence-corrected chi connectivity index (χ3v) is 4.22. The number of nitrogens with zero attached hydrogens (tertiary/aromatic N) is 1. The van der Waals surface area contributed by atoms with Crippen LogP contribution >= 0.6 is 0 Å². The van der Waals surface area contributed by atoms with E-state index in [1.807, 2.05) is 18.2 Å². The highest BCUT2D eigenvalue weighted by Crippen LogP contribution is 2.39. The fraction of sp³-hybridized carbons (Fsp3) is 0.438. The lowest BCUT2D eigenvalue weighted by Crippen LogP contribution is -2.31. The zero-order valence-electron chi connectivity index (χ0n) is 11.7. The molecule has 2 heterocycles. The smallest absolute Gasteiger partial charge is 0.231 e. The standard InChI is InChI=1S/C16H18N2O3/c17-11-1-3-12(4-2-11)21-16-13-8-15-14(19-9-20-15)7-10(13)5-6-18-16/h5-8,11-12H,1-4,9,17H2. The molecule has 0 atom stereocenters. The predicted octanol–water partition coefficient (Wildman–Crippen LogP) is 2.61. The molecule has 0 unspecified atom stereocenters. The highest BCUT2D eigenvalue weighted by atomic mass is 16.7. The predicted molar refractivity (Wildman–Crippen MR) is 78.7 cm³/mol. The summed E-state index contributed by atoms with van der Waals surface area (Å²) in [6, 6.07) is 6.21. The lowest BCUT2D eigenvalue weighted by Gasteiger charge is -2.26. The van der Waals surface area contributed by atoms with Gasteiger partial charge in [0, 0.05) is 17.6 Å². The first kappa shape index (κ1) is 12.7. The van der Waals surface area contributed by atoms with E-state index in [1.54, 1.807) is 6.20 Å². The van der Waals surface area contributed by atoms with E-state index in [1.165, 1.54) is 0 Å². The molecule has 4 rings (SSSR count). The number of hydrogen-bond donors (Lipinski definition) is 1. The van der Waals surface area contributed by atoms with Gasteiger partial charge in [0.15, 0.2) is 11.5 Å². The maximum absolute atomic E-state index is 6.11. The molecule has 110 valence electrons. The first-order valence-electron chi connectivity index (χ1n) is 7.40. The van der Waals surface area contributed by atoms with E-state index in [0.717, 1.165) is 48.0 Å². The maximum atomic E-state index is 6.11. The van der Waals surface area contributed by atoms with Gasteiger partial charge < -0.3 is 19.9 Å². The van der Waals surface area contributed by atoms with Crippen LogP contribution in [0.2, 0.25) is 0 Å². The molecule has 2 aromatic rings. The molecular weight excluding hydrogens is 268 g/mol. The maximum Gasteiger partial charge on any atom is 0.231 e. The molecular formula is C16H18N2O3. The summed E-state index contributed by atoms with van der Waals surface area (Å²) in [7, 11) is 0. The molecule has 0 spiro atoms. The molecule has 1 aliphatic carbocycles.